The summed E-state index contributed by atoms with van der Waals surface area (Å²) >= 11 is 0. The molecule has 1 spiro atoms. The molecule has 0 aromatic carbocycles. The van der Waals surface area contributed by atoms with Crippen LogP contribution in [0.25, 0.3) is 0 Å². The fourth-order valence-corrected chi connectivity index (χ4v) is 5.09. The molecule has 5 rings (SSSR count). The van der Waals surface area contributed by atoms with Crippen LogP contribution < -0.4 is 15.5 Å². The van der Waals surface area contributed by atoms with Crippen LogP contribution in [0.5, 0.6) is 0 Å². The Balaban J connectivity index is 1.31. The Morgan fingerprint density at radius 2 is 2.27 bits per heavy atom. The molecule has 4 heterocycles. The van der Waals surface area contributed by atoms with Gasteiger partial charge in [-0.3, -0.25) is 4.79 Å². The number of hydrogen-bond donors (Lipinski definition) is 2. The molecule has 1 aromatic rings. The number of amides is 1. The summed E-state index contributed by atoms with van der Waals surface area (Å²) in [5.74, 6) is 2.65. The Bertz CT molecular complexity index is 736. The minimum Gasteiger partial charge on any atom is -0.373 e. The van der Waals surface area contributed by atoms with Gasteiger partial charge < -0.3 is 20.3 Å². The van der Waals surface area contributed by atoms with Gasteiger partial charge in [-0.1, -0.05) is 6.92 Å². The van der Waals surface area contributed by atoms with Crippen molar-refractivity contribution < 1.29 is 9.53 Å². The number of ether oxygens (including phenoxy) is 1. The van der Waals surface area contributed by atoms with Crippen LogP contribution in [-0.4, -0.2) is 54.3 Å². The van der Waals surface area contributed by atoms with Gasteiger partial charge in [-0.05, 0) is 31.7 Å². The number of anilines is 2. The number of carbonyl (C=O) groups is 1. The van der Waals surface area contributed by atoms with Crippen LogP contribution in [0.4, 0.5) is 11.8 Å². The molecule has 26 heavy (non-hydrogen) atoms. The van der Waals surface area contributed by atoms with E-state index in [0.717, 1.165) is 57.1 Å². The molecule has 2 bridgehead atoms. The zero-order chi connectivity index (χ0) is 17.9. The Labute approximate surface area is 153 Å². The van der Waals surface area contributed by atoms with Crippen LogP contribution >= 0.6 is 0 Å². The maximum absolute atomic E-state index is 12.3. The molecular weight excluding hydrogens is 330 g/mol. The molecule has 3 saturated heterocycles. The van der Waals surface area contributed by atoms with E-state index in [2.05, 4.69) is 32.4 Å². The Morgan fingerprint density at radius 1 is 1.42 bits per heavy atom. The Hall–Kier alpha value is -1.89. The molecule has 4 atom stereocenters. The second-order valence-electron chi connectivity index (χ2n) is 8.67. The summed E-state index contributed by atoms with van der Waals surface area (Å²) in [5.41, 5.74) is -0.193. The van der Waals surface area contributed by atoms with E-state index in [1.54, 1.807) is 6.20 Å². The molecule has 1 aliphatic carbocycles. The van der Waals surface area contributed by atoms with Crippen LogP contribution in [-0.2, 0) is 9.53 Å². The first kappa shape index (κ1) is 16.3. The highest BCUT2D eigenvalue weighted by atomic mass is 16.5. The summed E-state index contributed by atoms with van der Waals surface area (Å²) in [7, 11) is 1.87. The van der Waals surface area contributed by atoms with Crippen molar-refractivity contribution in [3.63, 3.8) is 0 Å². The average molecular weight is 357 g/mol. The van der Waals surface area contributed by atoms with Gasteiger partial charge in [0, 0.05) is 43.6 Å². The molecule has 0 unspecified atom stereocenters. The van der Waals surface area contributed by atoms with E-state index < -0.39 is 0 Å². The van der Waals surface area contributed by atoms with E-state index in [4.69, 9.17) is 4.74 Å². The fraction of sp³-hybridized carbons (Fsp3) is 0.737. The molecule has 1 amide bonds. The standard InChI is InChI=1S/C19H27N5O2/c1-18(6-7-18)16(25)22-9-12-13-10-24(11-19(13)5-3-14(12)26-19)17-21-8-4-15(20-2)23-17/h4,8,12-14H,3,5-7,9-11H2,1-2H3,(H,22,25)(H,20,21,23)/t12-,13+,14+,19+/m0/s1. The molecule has 140 valence electrons. The number of carbonyl (C=O) groups excluding carboxylic acids is 1. The number of nitrogens with one attached hydrogen (secondary N) is 2. The maximum Gasteiger partial charge on any atom is 0.227 e. The lowest BCUT2D eigenvalue weighted by Gasteiger charge is -2.29. The molecule has 2 N–H and O–H groups in total. The Kier molecular flexibility index (Phi) is 3.48. The Morgan fingerprint density at radius 3 is 3.04 bits per heavy atom. The number of aromatic nitrogens is 2. The molecule has 3 aliphatic heterocycles. The predicted molar refractivity (Wildman–Crippen MR) is 98.0 cm³/mol. The van der Waals surface area contributed by atoms with Gasteiger partial charge in [0.25, 0.3) is 0 Å². The lowest BCUT2D eigenvalue weighted by molar-refractivity contribution is -0.126. The molecule has 4 aliphatic rings. The molecule has 0 radical (unpaired) electrons. The number of rotatable bonds is 5. The largest absolute Gasteiger partial charge is 0.373 e. The summed E-state index contributed by atoms with van der Waals surface area (Å²) < 4.78 is 6.47. The second-order valence-corrected chi connectivity index (χ2v) is 8.67. The van der Waals surface area contributed by atoms with Gasteiger partial charge in [0.2, 0.25) is 11.9 Å². The number of nitrogens with zero attached hydrogens (tertiary/aromatic N) is 3. The van der Waals surface area contributed by atoms with Gasteiger partial charge in [-0.25, -0.2) is 4.98 Å². The van der Waals surface area contributed by atoms with Gasteiger partial charge >= 0.3 is 0 Å². The third-order valence-electron chi connectivity index (χ3n) is 7.01. The quantitative estimate of drug-likeness (QED) is 0.830. The van der Waals surface area contributed by atoms with Crippen molar-refractivity contribution in [1.82, 2.24) is 15.3 Å². The van der Waals surface area contributed by atoms with Crippen LogP contribution in [0.1, 0.15) is 32.6 Å². The SMILES string of the molecule is CNc1ccnc(N2C[C@@H]3[C@H](CNC(=O)C4(C)CC4)[C@H]4CC[C@]3(C2)O4)n1. The number of fused-ring (bicyclic) bond motifs is 1. The van der Waals surface area contributed by atoms with E-state index in [1.165, 1.54) is 0 Å². The monoisotopic (exact) mass is 357 g/mol. The summed E-state index contributed by atoms with van der Waals surface area (Å²) in [6, 6.07) is 1.87. The van der Waals surface area contributed by atoms with Gasteiger partial charge in [-0.2, -0.15) is 4.98 Å². The normalized spacial score (nSPS) is 36.1. The van der Waals surface area contributed by atoms with Gasteiger partial charge in [-0.15, -0.1) is 0 Å². The van der Waals surface area contributed by atoms with Gasteiger partial charge in [0.05, 0.1) is 18.2 Å². The summed E-state index contributed by atoms with van der Waals surface area (Å²) in [6.07, 6.45) is 6.32. The second kappa shape index (κ2) is 5.55. The summed E-state index contributed by atoms with van der Waals surface area (Å²) in [5, 5.41) is 6.29. The average Bonchev–Trinajstić information content (AvgIpc) is 3.04. The van der Waals surface area contributed by atoms with Crippen molar-refractivity contribution in [3.8, 4) is 0 Å². The van der Waals surface area contributed by atoms with Crippen molar-refractivity contribution in [2.75, 3.05) is 36.9 Å². The lowest BCUT2D eigenvalue weighted by Crippen LogP contribution is -2.43. The molecule has 7 nitrogen and oxygen atoms in total. The van der Waals surface area contributed by atoms with E-state index in [-0.39, 0.29) is 16.9 Å². The minimum absolute atomic E-state index is 0.0808. The summed E-state index contributed by atoms with van der Waals surface area (Å²) in [4.78, 5) is 23.7. The minimum atomic E-state index is -0.112. The van der Waals surface area contributed by atoms with Gasteiger partial charge in [0.1, 0.15) is 5.82 Å². The fourth-order valence-electron chi connectivity index (χ4n) is 5.09. The predicted octanol–water partition coefficient (Wildman–Crippen LogP) is 1.42. The third kappa shape index (κ3) is 2.40. The maximum atomic E-state index is 12.3. The smallest absolute Gasteiger partial charge is 0.227 e. The van der Waals surface area contributed by atoms with E-state index in [1.807, 2.05) is 13.1 Å². The first-order chi connectivity index (χ1) is 12.5. The summed E-state index contributed by atoms with van der Waals surface area (Å²) in [6.45, 7) is 4.55. The molecule has 1 aromatic heterocycles. The molecular formula is C19H27N5O2. The van der Waals surface area contributed by atoms with Crippen molar-refractivity contribution in [2.45, 2.75) is 44.3 Å². The zero-order valence-electron chi connectivity index (χ0n) is 15.5. The van der Waals surface area contributed by atoms with Crippen LogP contribution in [0.3, 0.4) is 0 Å². The molecule has 1 saturated carbocycles. The first-order valence-corrected chi connectivity index (χ1v) is 9.75. The van der Waals surface area contributed by atoms with Crippen LogP contribution in [0.2, 0.25) is 0 Å². The van der Waals surface area contributed by atoms with Crippen LogP contribution in [0, 0.1) is 17.3 Å². The van der Waals surface area contributed by atoms with Crippen molar-refractivity contribution in [2.24, 2.45) is 17.3 Å². The molecule has 4 fully saturated rings. The zero-order valence-corrected chi connectivity index (χ0v) is 15.5. The van der Waals surface area contributed by atoms with E-state index >= 15 is 0 Å². The number of hydrogen-bond acceptors (Lipinski definition) is 6. The lowest BCUT2D eigenvalue weighted by atomic mass is 9.73. The molecule has 7 heteroatoms. The van der Waals surface area contributed by atoms with Crippen LogP contribution in [0.15, 0.2) is 12.3 Å². The van der Waals surface area contributed by atoms with Crippen molar-refractivity contribution >= 4 is 17.7 Å². The highest BCUT2D eigenvalue weighted by Gasteiger charge is 2.63. The third-order valence-corrected chi connectivity index (χ3v) is 7.01. The first-order valence-electron chi connectivity index (χ1n) is 9.75. The topological polar surface area (TPSA) is 79.4 Å². The van der Waals surface area contributed by atoms with E-state index in [9.17, 15) is 4.79 Å². The van der Waals surface area contributed by atoms with Crippen molar-refractivity contribution in [3.05, 3.63) is 12.3 Å². The highest BCUT2D eigenvalue weighted by Crippen LogP contribution is 2.55. The van der Waals surface area contributed by atoms with Gasteiger partial charge in [0.15, 0.2) is 0 Å². The van der Waals surface area contributed by atoms with Crippen molar-refractivity contribution in [1.29, 1.82) is 0 Å². The van der Waals surface area contributed by atoms with E-state index in [0.29, 0.717) is 17.9 Å². The highest BCUT2D eigenvalue weighted by molar-refractivity contribution is 5.84.